The normalized spacial score (nSPS) is 14.1. The minimum atomic E-state index is -0.987. The van der Waals surface area contributed by atoms with Crippen molar-refractivity contribution in [1.29, 1.82) is 0 Å². The Kier molecular flexibility index (Phi) is 5.14. The van der Waals surface area contributed by atoms with Crippen LogP contribution in [-0.2, 0) is 10.8 Å². The fraction of sp³-hybridized carbons (Fsp3) is 0.364. The molecule has 1 aromatic carbocycles. The molecule has 1 aromatic rings. The number of benzene rings is 1. The highest BCUT2D eigenvalue weighted by Gasteiger charge is 2.13. The number of aromatic carboxylic acids is 1. The summed E-state index contributed by atoms with van der Waals surface area (Å²) in [5.41, 5.74) is 0.742. The number of rotatable bonds is 5. The van der Waals surface area contributed by atoms with E-state index in [1.165, 1.54) is 0 Å². The molecule has 0 saturated heterocycles. The summed E-state index contributed by atoms with van der Waals surface area (Å²) in [4.78, 5) is 11.1. The number of carbonyl (C=O) groups is 1. The Morgan fingerprint density at radius 1 is 1.59 bits per heavy atom. The molecule has 0 aliphatic rings. The van der Waals surface area contributed by atoms with Gasteiger partial charge in [-0.2, -0.15) is 0 Å². The minimum absolute atomic E-state index is 0.0416. The van der Waals surface area contributed by atoms with Gasteiger partial charge in [0.1, 0.15) is 0 Å². The van der Waals surface area contributed by atoms with Crippen LogP contribution in [0.15, 0.2) is 22.7 Å². The topological polar surface area (TPSA) is 66.4 Å². The molecule has 0 radical (unpaired) electrons. The Bertz CT molecular complexity index is 450. The lowest BCUT2D eigenvalue weighted by atomic mass is 10.1. The molecule has 6 heteroatoms. The molecule has 4 nitrogen and oxygen atoms in total. The number of halogens is 1. The number of carboxylic acid groups (broad SMARTS) is 1. The fourth-order valence-electron chi connectivity index (χ4n) is 1.48. The molecule has 0 aromatic heterocycles. The van der Waals surface area contributed by atoms with Crippen molar-refractivity contribution in [3.8, 4) is 0 Å². The molecular weight excluding hydrogens is 306 g/mol. The molecular formula is C11H14BrNO3S. The van der Waals surface area contributed by atoms with Gasteiger partial charge in [-0.1, -0.05) is 15.9 Å². The van der Waals surface area contributed by atoms with Gasteiger partial charge in [0.2, 0.25) is 0 Å². The lowest BCUT2D eigenvalue weighted by Gasteiger charge is -2.16. The Morgan fingerprint density at radius 2 is 2.24 bits per heavy atom. The highest BCUT2D eigenvalue weighted by molar-refractivity contribution is 9.10. The van der Waals surface area contributed by atoms with Crippen LogP contribution < -0.4 is 5.32 Å². The molecule has 2 N–H and O–H groups in total. The van der Waals surface area contributed by atoms with Gasteiger partial charge in [-0.05, 0) is 25.1 Å². The van der Waals surface area contributed by atoms with Crippen molar-refractivity contribution < 1.29 is 14.1 Å². The number of carboxylic acids is 1. The third kappa shape index (κ3) is 4.47. The van der Waals surface area contributed by atoms with Crippen LogP contribution in [0.3, 0.4) is 0 Å². The SMILES string of the molecule is CC(CS(C)=O)Nc1ccc(Br)cc1C(=O)O. The molecule has 0 fully saturated rings. The number of anilines is 1. The Labute approximate surface area is 111 Å². The second-order valence-corrected chi connectivity index (χ2v) is 6.18. The number of nitrogens with one attached hydrogen (secondary N) is 1. The lowest BCUT2D eigenvalue weighted by Crippen LogP contribution is -2.23. The van der Waals surface area contributed by atoms with Crippen LogP contribution in [0.2, 0.25) is 0 Å². The Balaban J connectivity index is 2.90. The lowest BCUT2D eigenvalue weighted by molar-refractivity contribution is 0.0698. The van der Waals surface area contributed by atoms with E-state index in [0.29, 0.717) is 15.9 Å². The zero-order valence-corrected chi connectivity index (χ0v) is 12.0. The van der Waals surface area contributed by atoms with E-state index in [0.717, 1.165) is 0 Å². The van der Waals surface area contributed by atoms with E-state index in [9.17, 15) is 9.00 Å². The maximum Gasteiger partial charge on any atom is 0.337 e. The van der Waals surface area contributed by atoms with Crippen molar-refractivity contribution >= 4 is 38.4 Å². The second kappa shape index (κ2) is 6.16. The highest BCUT2D eigenvalue weighted by Crippen LogP contribution is 2.21. The van der Waals surface area contributed by atoms with Crippen LogP contribution in [0.5, 0.6) is 0 Å². The third-order valence-electron chi connectivity index (χ3n) is 2.10. The van der Waals surface area contributed by atoms with E-state index in [1.807, 2.05) is 6.92 Å². The van der Waals surface area contributed by atoms with E-state index in [1.54, 1.807) is 24.5 Å². The molecule has 0 bridgehead atoms. The van der Waals surface area contributed by atoms with Gasteiger partial charge < -0.3 is 10.4 Å². The van der Waals surface area contributed by atoms with Crippen molar-refractivity contribution in [1.82, 2.24) is 0 Å². The van der Waals surface area contributed by atoms with Crippen LogP contribution in [0.4, 0.5) is 5.69 Å². The largest absolute Gasteiger partial charge is 0.478 e. The first-order valence-electron chi connectivity index (χ1n) is 4.99. The Morgan fingerprint density at radius 3 is 2.76 bits per heavy atom. The van der Waals surface area contributed by atoms with Gasteiger partial charge in [0, 0.05) is 39.0 Å². The summed E-state index contributed by atoms with van der Waals surface area (Å²) in [6.07, 6.45) is 1.62. The summed E-state index contributed by atoms with van der Waals surface area (Å²) < 4.78 is 11.8. The van der Waals surface area contributed by atoms with E-state index in [-0.39, 0.29) is 11.6 Å². The summed E-state index contributed by atoms with van der Waals surface area (Å²) in [5, 5.41) is 12.1. The quantitative estimate of drug-likeness (QED) is 0.874. The highest BCUT2D eigenvalue weighted by atomic mass is 79.9. The summed E-state index contributed by atoms with van der Waals surface area (Å²) in [7, 11) is -0.910. The smallest absolute Gasteiger partial charge is 0.337 e. The third-order valence-corrected chi connectivity index (χ3v) is 3.56. The molecule has 0 heterocycles. The van der Waals surface area contributed by atoms with Gasteiger partial charge in [-0.3, -0.25) is 4.21 Å². The fourth-order valence-corrected chi connectivity index (χ4v) is 2.63. The summed E-state index contributed by atoms with van der Waals surface area (Å²) in [5.74, 6) is -0.506. The van der Waals surface area contributed by atoms with Crippen LogP contribution in [-0.4, -0.2) is 33.3 Å². The van der Waals surface area contributed by atoms with E-state index in [2.05, 4.69) is 21.2 Å². The van der Waals surface area contributed by atoms with Gasteiger partial charge in [-0.15, -0.1) is 0 Å². The van der Waals surface area contributed by atoms with Gasteiger partial charge in [0.25, 0.3) is 0 Å². The van der Waals surface area contributed by atoms with Crippen molar-refractivity contribution in [2.45, 2.75) is 13.0 Å². The maximum atomic E-state index is 11.1. The van der Waals surface area contributed by atoms with Crippen LogP contribution in [0.1, 0.15) is 17.3 Å². The van der Waals surface area contributed by atoms with E-state index < -0.39 is 16.8 Å². The van der Waals surface area contributed by atoms with Crippen LogP contribution in [0.25, 0.3) is 0 Å². The van der Waals surface area contributed by atoms with Crippen molar-refractivity contribution in [2.75, 3.05) is 17.3 Å². The molecule has 94 valence electrons. The average molecular weight is 320 g/mol. The monoisotopic (exact) mass is 319 g/mol. The van der Waals surface area contributed by atoms with Gasteiger partial charge in [0.05, 0.1) is 5.56 Å². The van der Waals surface area contributed by atoms with Crippen LogP contribution in [0, 0.1) is 0 Å². The predicted octanol–water partition coefficient (Wildman–Crippen LogP) is 2.33. The number of hydrogen-bond donors (Lipinski definition) is 2. The van der Waals surface area contributed by atoms with Crippen LogP contribution >= 0.6 is 15.9 Å². The first-order chi connectivity index (χ1) is 7.90. The van der Waals surface area contributed by atoms with Gasteiger partial charge >= 0.3 is 5.97 Å². The molecule has 17 heavy (non-hydrogen) atoms. The first kappa shape index (κ1) is 14.2. The Hall–Kier alpha value is -0.880. The zero-order chi connectivity index (χ0) is 13.0. The predicted molar refractivity (Wildman–Crippen MR) is 73.1 cm³/mol. The molecule has 0 aliphatic heterocycles. The summed E-state index contributed by atoms with van der Waals surface area (Å²) >= 11 is 3.23. The first-order valence-corrected chi connectivity index (χ1v) is 7.51. The molecule has 0 aliphatic carbocycles. The molecule has 1 rings (SSSR count). The second-order valence-electron chi connectivity index (χ2n) is 3.78. The maximum absolute atomic E-state index is 11.1. The zero-order valence-electron chi connectivity index (χ0n) is 9.57. The van der Waals surface area contributed by atoms with Crippen molar-refractivity contribution in [2.24, 2.45) is 0 Å². The summed E-state index contributed by atoms with van der Waals surface area (Å²) in [6.45, 7) is 1.87. The standard InChI is InChI=1S/C11H14BrNO3S/c1-7(6-17(2)16)13-10-4-3-8(12)5-9(10)11(14)15/h3-5,7,13H,6H2,1-2H3,(H,14,15). The molecule has 0 saturated carbocycles. The van der Waals surface area contributed by atoms with Gasteiger partial charge in [-0.25, -0.2) is 4.79 Å². The molecule has 0 amide bonds. The van der Waals surface area contributed by atoms with E-state index in [4.69, 9.17) is 5.11 Å². The van der Waals surface area contributed by atoms with Crippen molar-refractivity contribution in [3.63, 3.8) is 0 Å². The van der Waals surface area contributed by atoms with E-state index >= 15 is 0 Å². The minimum Gasteiger partial charge on any atom is -0.478 e. The average Bonchev–Trinajstić information content (AvgIpc) is 2.19. The number of hydrogen-bond acceptors (Lipinski definition) is 3. The van der Waals surface area contributed by atoms with Gasteiger partial charge in [0.15, 0.2) is 0 Å². The molecule has 2 atom stereocenters. The summed E-state index contributed by atoms with van der Waals surface area (Å²) in [6, 6.07) is 4.97. The van der Waals surface area contributed by atoms with Crippen molar-refractivity contribution in [3.05, 3.63) is 28.2 Å². The molecule has 0 spiro atoms. The molecule has 2 unspecified atom stereocenters.